The summed E-state index contributed by atoms with van der Waals surface area (Å²) in [4.78, 5) is 0. The molecular formula is C15H13ClF3NO. The zero-order valence-electron chi connectivity index (χ0n) is 11.0. The molecule has 6 heteroatoms. The van der Waals surface area contributed by atoms with Gasteiger partial charge in [0.1, 0.15) is 5.75 Å². The van der Waals surface area contributed by atoms with Gasteiger partial charge in [-0.3, -0.25) is 0 Å². The second kappa shape index (κ2) is 6.37. The summed E-state index contributed by atoms with van der Waals surface area (Å²) in [6.07, 6.45) is -4.11. The number of halogens is 4. The molecule has 0 amide bonds. The smallest absolute Gasteiger partial charge is 0.406 e. The molecular weight excluding hydrogens is 303 g/mol. The topological polar surface area (TPSA) is 35.2 Å². The average molecular weight is 316 g/mol. The first kappa shape index (κ1) is 15.7. The quantitative estimate of drug-likeness (QED) is 0.907. The van der Waals surface area contributed by atoms with Gasteiger partial charge >= 0.3 is 6.36 Å². The van der Waals surface area contributed by atoms with Crippen LogP contribution >= 0.6 is 11.6 Å². The predicted molar refractivity (Wildman–Crippen MR) is 76.3 cm³/mol. The van der Waals surface area contributed by atoms with Crippen LogP contribution in [0.3, 0.4) is 0 Å². The van der Waals surface area contributed by atoms with Gasteiger partial charge in [-0.2, -0.15) is 0 Å². The Morgan fingerprint density at radius 1 is 1.10 bits per heavy atom. The van der Waals surface area contributed by atoms with E-state index in [4.69, 9.17) is 17.3 Å². The maximum Gasteiger partial charge on any atom is 0.573 e. The number of hydrogen-bond acceptors (Lipinski definition) is 2. The van der Waals surface area contributed by atoms with E-state index in [1.54, 1.807) is 18.2 Å². The van der Waals surface area contributed by atoms with Gasteiger partial charge in [-0.15, -0.1) is 13.2 Å². The van der Waals surface area contributed by atoms with Crippen LogP contribution in [-0.2, 0) is 6.42 Å². The van der Waals surface area contributed by atoms with Crippen molar-refractivity contribution in [1.82, 2.24) is 0 Å². The molecule has 0 aliphatic heterocycles. The summed E-state index contributed by atoms with van der Waals surface area (Å²) in [5.74, 6) is -0.265. The number of rotatable bonds is 4. The van der Waals surface area contributed by atoms with Crippen LogP contribution in [0, 0.1) is 0 Å². The molecule has 2 nitrogen and oxygen atoms in total. The molecule has 0 saturated heterocycles. The summed E-state index contributed by atoms with van der Waals surface area (Å²) < 4.78 is 40.8. The van der Waals surface area contributed by atoms with E-state index in [2.05, 4.69) is 4.74 Å². The van der Waals surface area contributed by atoms with E-state index in [1.807, 2.05) is 6.07 Å². The van der Waals surface area contributed by atoms with Crippen LogP contribution in [0.4, 0.5) is 13.2 Å². The fourth-order valence-electron chi connectivity index (χ4n) is 2.05. The molecule has 2 aromatic rings. The van der Waals surface area contributed by atoms with Gasteiger partial charge in [0.25, 0.3) is 0 Å². The SMILES string of the molecule is NCCc1ccc(Cl)cc1-c1cccc(OC(F)(F)F)c1. The lowest BCUT2D eigenvalue weighted by Crippen LogP contribution is -2.17. The van der Waals surface area contributed by atoms with Crippen molar-refractivity contribution in [3.63, 3.8) is 0 Å². The Balaban J connectivity index is 2.42. The fraction of sp³-hybridized carbons (Fsp3) is 0.200. The van der Waals surface area contributed by atoms with E-state index < -0.39 is 6.36 Å². The summed E-state index contributed by atoms with van der Waals surface area (Å²) in [6, 6.07) is 11.1. The Bertz CT molecular complexity index is 629. The molecule has 0 bridgehead atoms. The van der Waals surface area contributed by atoms with E-state index in [0.29, 0.717) is 23.6 Å². The van der Waals surface area contributed by atoms with Gasteiger partial charge in [0.15, 0.2) is 0 Å². The molecule has 0 unspecified atom stereocenters. The summed E-state index contributed by atoms with van der Waals surface area (Å²) in [6.45, 7) is 0.438. The first-order valence-corrected chi connectivity index (χ1v) is 6.61. The standard InChI is InChI=1S/C15H13ClF3NO/c16-12-5-4-10(6-7-20)14(9-12)11-2-1-3-13(8-11)21-15(17,18)19/h1-5,8-9H,6-7,20H2. The van der Waals surface area contributed by atoms with Crippen molar-refractivity contribution in [2.24, 2.45) is 5.73 Å². The van der Waals surface area contributed by atoms with E-state index in [1.165, 1.54) is 18.2 Å². The minimum absolute atomic E-state index is 0.265. The van der Waals surface area contributed by atoms with Crippen molar-refractivity contribution in [1.29, 1.82) is 0 Å². The van der Waals surface area contributed by atoms with Crippen LogP contribution in [0.25, 0.3) is 11.1 Å². The number of ether oxygens (including phenoxy) is 1. The third-order valence-corrected chi connectivity index (χ3v) is 3.10. The van der Waals surface area contributed by atoms with Gasteiger partial charge in [-0.25, -0.2) is 0 Å². The third kappa shape index (κ3) is 4.37. The maximum absolute atomic E-state index is 12.3. The van der Waals surface area contributed by atoms with Crippen LogP contribution in [0.15, 0.2) is 42.5 Å². The Morgan fingerprint density at radius 2 is 1.86 bits per heavy atom. The third-order valence-electron chi connectivity index (χ3n) is 2.86. The molecule has 0 radical (unpaired) electrons. The Hall–Kier alpha value is -1.72. The lowest BCUT2D eigenvalue weighted by atomic mass is 9.97. The highest BCUT2D eigenvalue weighted by molar-refractivity contribution is 6.30. The lowest BCUT2D eigenvalue weighted by molar-refractivity contribution is -0.274. The fourth-order valence-corrected chi connectivity index (χ4v) is 2.22. The second-order valence-electron chi connectivity index (χ2n) is 4.42. The van der Waals surface area contributed by atoms with Gasteiger partial charge in [0.2, 0.25) is 0 Å². The number of benzene rings is 2. The van der Waals surface area contributed by atoms with Gasteiger partial charge in [0.05, 0.1) is 0 Å². The Labute approximate surface area is 125 Å². The monoisotopic (exact) mass is 315 g/mol. The molecule has 2 N–H and O–H groups in total. The highest BCUT2D eigenvalue weighted by atomic mass is 35.5. The average Bonchev–Trinajstić information content (AvgIpc) is 2.39. The molecule has 0 aliphatic rings. The molecule has 0 fully saturated rings. The van der Waals surface area contributed by atoms with Crippen LogP contribution < -0.4 is 10.5 Å². The summed E-state index contributed by atoms with van der Waals surface area (Å²) >= 11 is 5.97. The van der Waals surface area contributed by atoms with Gasteiger partial charge in [-0.1, -0.05) is 29.8 Å². The van der Waals surface area contributed by atoms with Crippen molar-refractivity contribution in [2.75, 3.05) is 6.54 Å². The van der Waals surface area contributed by atoms with Gasteiger partial charge in [0, 0.05) is 5.02 Å². The highest BCUT2D eigenvalue weighted by Crippen LogP contribution is 2.31. The van der Waals surface area contributed by atoms with E-state index in [9.17, 15) is 13.2 Å². The molecule has 112 valence electrons. The number of alkyl halides is 3. The minimum Gasteiger partial charge on any atom is -0.406 e. The molecule has 21 heavy (non-hydrogen) atoms. The number of nitrogens with two attached hydrogens (primary N) is 1. The van der Waals surface area contributed by atoms with E-state index >= 15 is 0 Å². The van der Waals surface area contributed by atoms with Crippen molar-refractivity contribution < 1.29 is 17.9 Å². The van der Waals surface area contributed by atoms with Crippen molar-refractivity contribution in [3.8, 4) is 16.9 Å². The largest absolute Gasteiger partial charge is 0.573 e. The molecule has 0 aliphatic carbocycles. The first-order valence-electron chi connectivity index (χ1n) is 6.24. The zero-order valence-corrected chi connectivity index (χ0v) is 11.7. The van der Waals surface area contributed by atoms with Crippen molar-refractivity contribution in [3.05, 3.63) is 53.1 Å². The van der Waals surface area contributed by atoms with Crippen LogP contribution in [-0.4, -0.2) is 12.9 Å². The van der Waals surface area contributed by atoms with Gasteiger partial charge in [-0.05, 0) is 53.9 Å². The Morgan fingerprint density at radius 3 is 2.52 bits per heavy atom. The second-order valence-corrected chi connectivity index (χ2v) is 4.85. The summed E-state index contributed by atoms with van der Waals surface area (Å²) in [5.41, 5.74) is 7.82. The number of hydrogen-bond donors (Lipinski definition) is 1. The summed E-state index contributed by atoms with van der Waals surface area (Å²) in [5, 5.41) is 0.507. The normalized spacial score (nSPS) is 11.5. The predicted octanol–water partition coefficient (Wildman–Crippen LogP) is 4.41. The molecule has 2 rings (SSSR count). The van der Waals surface area contributed by atoms with Gasteiger partial charge < -0.3 is 10.5 Å². The zero-order chi connectivity index (χ0) is 15.5. The molecule has 0 spiro atoms. The van der Waals surface area contributed by atoms with Crippen LogP contribution in [0.2, 0.25) is 5.02 Å². The molecule has 0 saturated carbocycles. The van der Waals surface area contributed by atoms with Crippen molar-refractivity contribution in [2.45, 2.75) is 12.8 Å². The molecule has 0 atom stereocenters. The lowest BCUT2D eigenvalue weighted by Gasteiger charge is -2.13. The molecule has 0 aromatic heterocycles. The summed E-state index contributed by atoms with van der Waals surface area (Å²) in [7, 11) is 0. The highest BCUT2D eigenvalue weighted by Gasteiger charge is 2.31. The van der Waals surface area contributed by atoms with E-state index in [0.717, 1.165) is 11.1 Å². The van der Waals surface area contributed by atoms with Crippen LogP contribution in [0.5, 0.6) is 5.75 Å². The van der Waals surface area contributed by atoms with E-state index in [-0.39, 0.29) is 5.75 Å². The van der Waals surface area contributed by atoms with Crippen molar-refractivity contribution >= 4 is 11.6 Å². The minimum atomic E-state index is -4.72. The maximum atomic E-state index is 12.3. The Kier molecular flexibility index (Phi) is 4.75. The first-order chi connectivity index (χ1) is 9.89. The molecule has 2 aromatic carbocycles. The molecule has 0 heterocycles. The van der Waals surface area contributed by atoms with Crippen LogP contribution in [0.1, 0.15) is 5.56 Å².